The molecule has 1 aliphatic carbocycles. The number of hydrogen-bond donors (Lipinski definition) is 1. The summed E-state index contributed by atoms with van der Waals surface area (Å²) in [5.41, 5.74) is 0. The fourth-order valence-corrected chi connectivity index (χ4v) is 4.07. The van der Waals surface area contributed by atoms with Crippen molar-refractivity contribution in [3.05, 3.63) is 23.7 Å². The summed E-state index contributed by atoms with van der Waals surface area (Å²) in [6.07, 6.45) is 15.1. The number of piperidine rings is 1. The van der Waals surface area contributed by atoms with Crippen molar-refractivity contribution in [2.24, 2.45) is 17.8 Å². The van der Waals surface area contributed by atoms with Gasteiger partial charge in [-0.2, -0.15) is 0 Å². The molecule has 3 nitrogen and oxygen atoms in total. The Morgan fingerprint density at radius 1 is 1.00 bits per heavy atom. The molecule has 0 bridgehead atoms. The first kappa shape index (κ1) is 17.7. The van der Waals surface area contributed by atoms with Crippen LogP contribution in [0.25, 0.3) is 0 Å². The molecule has 2 aliphatic rings. The van der Waals surface area contributed by atoms with E-state index in [4.69, 9.17) is 11.6 Å². The lowest BCUT2D eigenvalue weighted by molar-refractivity contribution is 0.169. The van der Waals surface area contributed by atoms with Crippen molar-refractivity contribution in [1.82, 2.24) is 15.3 Å². The Bertz CT molecular complexity index is 385. The molecular weight excluding hydrogens is 294 g/mol. The summed E-state index contributed by atoms with van der Waals surface area (Å²) in [5.74, 6) is 3.22. The maximum Gasteiger partial charge on any atom is 0.222 e. The third-order valence-corrected chi connectivity index (χ3v) is 5.37. The molecule has 1 aromatic rings. The van der Waals surface area contributed by atoms with Crippen molar-refractivity contribution >= 4 is 11.6 Å². The van der Waals surface area contributed by atoms with Gasteiger partial charge in [0.15, 0.2) is 0 Å². The molecule has 1 N–H and O–H groups in total. The van der Waals surface area contributed by atoms with Gasteiger partial charge in [0.25, 0.3) is 0 Å². The smallest absolute Gasteiger partial charge is 0.222 e. The number of rotatable bonds is 3. The molecule has 1 aromatic heterocycles. The van der Waals surface area contributed by atoms with E-state index >= 15 is 0 Å². The predicted octanol–water partition coefficient (Wildman–Crippen LogP) is 4.72. The lowest BCUT2D eigenvalue weighted by Gasteiger charge is -2.36. The van der Waals surface area contributed by atoms with E-state index in [0.717, 1.165) is 17.8 Å². The van der Waals surface area contributed by atoms with Crippen molar-refractivity contribution < 1.29 is 0 Å². The molecule has 2 heterocycles. The zero-order valence-electron chi connectivity index (χ0n) is 13.8. The number of halogens is 1. The molecule has 1 aliphatic heterocycles. The van der Waals surface area contributed by atoms with Crippen LogP contribution >= 0.6 is 11.6 Å². The van der Waals surface area contributed by atoms with Crippen molar-refractivity contribution in [2.75, 3.05) is 13.1 Å². The first-order chi connectivity index (χ1) is 10.8. The number of nitrogens with one attached hydrogen (secondary N) is 1. The van der Waals surface area contributed by atoms with Gasteiger partial charge in [-0.05, 0) is 74.2 Å². The molecule has 0 aromatic carbocycles. The van der Waals surface area contributed by atoms with Crippen LogP contribution in [0.3, 0.4) is 0 Å². The SMILES string of the molecule is CCCC1CCC(C2CCNCC2)CC1.Clc1ncccn1. The van der Waals surface area contributed by atoms with Gasteiger partial charge in [0.1, 0.15) is 0 Å². The number of aromatic nitrogens is 2. The topological polar surface area (TPSA) is 37.8 Å². The average Bonchev–Trinajstić information content (AvgIpc) is 2.58. The van der Waals surface area contributed by atoms with E-state index in [-0.39, 0.29) is 0 Å². The van der Waals surface area contributed by atoms with Gasteiger partial charge in [0.2, 0.25) is 5.28 Å². The minimum absolute atomic E-state index is 0.294. The second kappa shape index (κ2) is 10.2. The molecule has 22 heavy (non-hydrogen) atoms. The quantitative estimate of drug-likeness (QED) is 0.818. The maximum absolute atomic E-state index is 5.32. The van der Waals surface area contributed by atoms with Crippen LogP contribution in [0.4, 0.5) is 0 Å². The zero-order valence-corrected chi connectivity index (χ0v) is 14.6. The fraction of sp³-hybridized carbons (Fsp3) is 0.778. The van der Waals surface area contributed by atoms with Crippen LogP contribution in [0.5, 0.6) is 0 Å². The standard InChI is InChI=1S/C14H27N.C4H3ClN2/c1-2-3-12-4-6-13(7-5-12)14-8-10-15-11-9-14;5-4-6-2-1-3-7-4/h12-15H,2-11H2,1H3;1-3H. The highest BCUT2D eigenvalue weighted by Crippen LogP contribution is 2.38. The maximum atomic E-state index is 5.32. The number of nitrogens with zero attached hydrogens (tertiary/aromatic N) is 2. The van der Waals surface area contributed by atoms with Crippen LogP contribution in [0.15, 0.2) is 18.5 Å². The molecule has 0 radical (unpaired) electrons. The van der Waals surface area contributed by atoms with Gasteiger partial charge in [-0.3, -0.25) is 0 Å². The van der Waals surface area contributed by atoms with Crippen LogP contribution in [-0.4, -0.2) is 23.1 Å². The third kappa shape index (κ3) is 6.21. The highest BCUT2D eigenvalue weighted by molar-refractivity contribution is 6.28. The van der Waals surface area contributed by atoms with Gasteiger partial charge in [0.05, 0.1) is 0 Å². The van der Waals surface area contributed by atoms with E-state index in [1.54, 1.807) is 18.5 Å². The highest BCUT2D eigenvalue weighted by atomic mass is 35.5. The van der Waals surface area contributed by atoms with Crippen LogP contribution in [0.2, 0.25) is 5.28 Å². The van der Waals surface area contributed by atoms with E-state index in [0.29, 0.717) is 5.28 Å². The van der Waals surface area contributed by atoms with Gasteiger partial charge >= 0.3 is 0 Å². The van der Waals surface area contributed by atoms with Crippen LogP contribution in [0.1, 0.15) is 58.3 Å². The summed E-state index contributed by atoms with van der Waals surface area (Å²) in [7, 11) is 0. The van der Waals surface area contributed by atoms with Gasteiger partial charge in [-0.15, -0.1) is 0 Å². The molecule has 0 unspecified atom stereocenters. The van der Waals surface area contributed by atoms with Gasteiger partial charge in [0, 0.05) is 12.4 Å². The summed E-state index contributed by atoms with van der Waals surface area (Å²) in [6.45, 7) is 4.89. The van der Waals surface area contributed by atoms with Crippen LogP contribution < -0.4 is 5.32 Å². The largest absolute Gasteiger partial charge is 0.317 e. The second-order valence-corrected chi connectivity index (χ2v) is 7.01. The van der Waals surface area contributed by atoms with E-state index in [1.165, 1.54) is 64.5 Å². The summed E-state index contributed by atoms with van der Waals surface area (Å²) < 4.78 is 0. The zero-order chi connectivity index (χ0) is 15.6. The van der Waals surface area contributed by atoms with Crippen molar-refractivity contribution in [3.63, 3.8) is 0 Å². The Morgan fingerprint density at radius 3 is 2.09 bits per heavy atom. The van der Waals surface area contributed by atoms with E-state index in [9.17, 15) is 0 Å². The molecule has 1 saturated carbocycles. The molecule has 1 saturated heterocycles. The Labute approximate surface area is 140 Å². The van der Waals surface area contributed by atoms with E-state index in [1.807, 2.05) is 0 Å². The number of hydrogen-bond acceptors (Lipinski definition) is 3. The molecule has 0 atom stereocenters. The molecule has 0 amide bonds. The average molecular weight is 324 g/mol. The van der Waals surface area contributed by atoms with Crippen molar-refractivity contribution in [2.45, 2.75) is 58.3 Å². The lowest BCUT2D eigenvalue weighted by Crippen LogP contribution is -2.33. The molecule has 3 rings (SSSR count). The van der Waals surface area contributed by atoms with Crippen molar-refractivity contribution in [3.8, 4) is 0 Å². The first-order valence-electron chi connectivity index (χ1n) is 8.92. The van der Waals surface area contributed by atoms with Crippen LogP contribution in [-0.2, 0) is 0 Å². The summed E-state index contributed by atoms with van der Waals surface area (Å²) >= 11 is 5.32. The minimum atomic E-state index is 0.294. The predicted molar refractivity (Wildman–Crippen MR) is 93.0 cm³/mol. The van der Waals surface area contributed by atoms with Crippen molar-refractivity contribution in [1.29, 1.82) is 0 Å². The molecular formula is C18H30ClN3. The molecule has 0 spiro atoms. The summed E-state index contributed by atoms with van der Waals surface area (Å²) in [4.78, 5) is 7.27. The van der Waals surface area contributed by atoms with Gasteiger partial charge < -0.3 is 5.32 Å². The van der Waals surface area contributed by atoms with Crippen LogP contribution in [0, 0.1) is 17.8 Å². The lowest BCUT2D eigenvalue weighted by atomic mass is 9.72. The first-order valence-corrected chi connectivity index (χ1v) is 9.30. The fourth-order valence-electron chi connectivity index (χ4n) is 3.95. The molecule has 4 heteroatoms. The second-order valence-electron chi connectivity index (χ2n) is 6.67. The monoisotopic (exact) mass is 323 g/mol. The van der Waals surface area contributed by atoms with Gasteiger partial charge in [-0.1, -0.05) is 32.6 Å². The highest BCUT2D eigenvalue weighted by Gasteiger charge is 2.27. The molecule has 124 valence electrons. The normalized spacial score (nSPS) is 26.1. The Hall–Kier alpha value is -0.670. The minimum Gasteiger partial charge on any atom is -0.317 e. The van der Waals surface area contributed by atoms with Gasteiger partial charge in [-0.25, -0.2) is 9.97 Å². The van der Waals surface area contributed by atoms with E-state index in [2.05, 4.69) is 22.2 Å². The van der Waals surface area contributed by atoms with E-state index < -0.39 is 0 Å². The Balaban J connectivity index is 0.000000211. The Morgan fingerprint density at radius 2 is 1.59 bits per heavy atom. The summed E-state index contributed by atoms with van der Waals surface area (Å²) in [6, 6.07) is 1.71. The Kier molecular flexibility index (Phi) is 8.17. The third-order valence-electron chi connectivity index (χ3n) is 5.17. The molecule has 2 fully saturated rings. The summed E-state index contributed by atoms with van der Waals surface area (Å²) in [5, 5.41) is 3.78.